The number of aryl methyl sites for hydroxylation is 1. The highest BCUT2D eigenvalue weighted by atomic mass is 32.2. The zero-order valence-corrected chi connectivity index (χ0v) is 14.8. The summed E-state index contributed by atoms with van der Waals surface area (Å²) in [5.41, 5.74) is 3.97. The number of benzene rings is 2. The molecule has 0 unspecified atom stereocenters. The van der Waals surface area contributed by atoms with Gasteiger partial charge in [-0.05, 0) is 24.1 Å². The first-order chi connectivity index (χ1) is 12.2. The fourth-order valence-electron chi connectivity index (χ4n) is 2.33. The molecular formula is C19H20N4OS. The quantitative estimate of drug-likeness (QED) is 0.458. The lowest BCUT2D eigenvalue weighted by Crippen LogP contribution is -2.30. The van der Waals surface area contributed by atoms with Gasteiger partial charge in [-0.2, -0.15) is 0 Å². The van der Waals surface area contributed by atoms with Gasteiger partial charge in [0.1, 0.15) is 0 Å². The number of carbonyl (C=O) groups excluding carboxylic acids is 1. The maximum Gasteiger partial charge on any atom is 0.319 e. The molecule has 3 rings (SSSR count). The van der Waals surface area contributed by atoms with Gasteiger partial charge in [-0.25, -0.2) is 9.78 Å². The molecule has 5 nitrogen and oxygen atoms in total. The molecule has 0 spiro atoms. The minimum absolute atomic E-state index is 0.195. The molecule has 25 heavy (non-hydrogen) atoms. The van der Waals surface area contributed by atoms with Gasteiger partial charge < -0.3 is 15.6 Å². The number of imidazole rings is 1. The van der Waals surface area contributed by atoms with E-state index < -0.39 is 0 Å². The van der Waals surface area contributed by atoms with Gasteiger partial charge in [-0.15, -0.1) is 0 Å². The van der Waals surface area contributed by atoms with Crippen LogP contribution >= 0.6 is 11.8 Å². The van der Waals surface area contributed by atoms with E-state index in [4.69, 9.17) is 0 Å². The van der Waals surface area contributed by atoms with Crippen LogP contribution in [0, 0.1) is 6.92 Å². The van der Waals surface area contributed by atoms with Crippen molar-refractivity contribution >= 4 is 23.5 Å². The van der Waals surface area contributed by atoms with Gasteiger partial charge in [0.2, 0.25) is 0 Å². The normalized spacial score (nSPS) is 10.4. The first kappa shape index (κ1) is 17.1. The number of urea groups is 1. The van der Waals surface area contributed by atoms with E-state index in [0.29, 0.717) is 6.54 Å². The van der Waals surface area contributed by atoms with E-state index in [0.717, 1.165) is 33.4 Å². The van der Waals surface area contributed by atoms with Gasteiger partial charge in [-0.1, -0.05) is 60.3 Å². The maximum absolute atomic E-state index is 11.9. The molecule has 2 amide bonds. The first-order valence-electron chi connectivity index (χ1n) is 8.06. The molecule has 0 saturated heterocycles. The van der Waals surface area contributed by atoms with Crippen molar-refractivity contribution in [3.05, 3.63) is 66.4 Å². The van der Waals surface area contributed by atoms with Crippen LogP contribution in [-0.4, -0.2) is 28.3 Å². The van der Waals surface area contributed by atoms with E-state index in [2.05, 4.69) is 20.6 Å². The Morgan fingerprint density at radius 2 is 1.88 bits per heavy atom. The molecule has 1 heterocycles. The Morgan fingerprint density at radius 1 is 1.12 bits per heavy atom. The largest absolute Gasteiger partial charge is 0.337 e. The molecule has 0 bridgehead atoms. The minimum atomic E-state index is -0.195. The van der Waals surface area contributed by atoms with Crippen LogP contribution < -0.4 is 10.6 Å². The van der Waals surface area contributed by atoms with E-state index in [1.54, 1.807) is 11.8 Å². The third kappa shape index (κ3) is 4.87. The van der Waals surface area contributed by atoms with Crippen molar-refractivity contribution in [3.63, 3.8) is 0 Å². The smallest absolute Gasteiger partial charge is 0.319 e. The monoisotopic (exact) mass is 352 g/mol. The lowest BCUT2D eigenvalue weighted by molar-refractivity contribution is 0.252. The molecule has 1 aromatic heterocycles. The molecule has 2 aromatic carbocycles. The standard InChI is InChI=1S/C19H20N4OS/c1-14-7-5-6-10-16(14)22-18(24)20-11-12-25-19-21-13-17(23-19)15-8-3-2-4-9-15/h2-10,13H,11-12H2,1H3,(H,21,23)(H2,20,22,24). The van der Waals surface area contributed by atoms with E-state index >= 15 is 0 Å². The fraction of sp³-hybridized carbons (Fsp3) is 0.158. The van der Waals surface area contributed by atoms with Crippen LogP contribution in [0.5, 0.6) is 0 Å². The zero-order chi connectivity index (χ0) is 17.5. The third-order valence-electron chi connectivity index (χ3n) is 3.66. The van der Waals surface area contributed by atoms with E-state index in [1.807, 2.05) is 67.7 Å². The molecule has 3 N–H and O–H groups in total. The van der Waals surface area contributed by atoms with Gasteiger partial charge >= 0.3 is 6.03 Å². The van der Waals surface area contributed by atoms with Crippen LogP contribution in [0.4, 0.5) is 10.5 Å². The summed E-state index contributed by atoms with van der Waals surface area (Å²) >= 11 is 1.58. The Labute approximate surface area is 151 Å². The summed E-state index contributed by atoms with van der Waals surface area (Å²) in [4.78, 5) is 19.6. The predicted molar refractivity (Wildman–Crippen MR) is 103 cm³/mol. The number of para-hydroxylation sites is 1. The van der Waals surface area contributed by atoms with Crippen molar-refractivity contribution in [2.45, 2.75) is 12.1 Å². The van der Waals surface area contributed by atoms with Crippen LogP contribution in [0.2, 0.25) is 0 Å². The number of hydrogen-bond acceptors (Lipinski definition) is 3. The summed E-state index contributed by atoms with van der Waals surface area (Å²) in [5.74, 6) is 0.739. The molecule has 0 fully saturated rings. The highest BCUT2D eigenvalue weighted by Crippen LogP contribution is 2.20. The number of amides is 2. The van der Waals surface area contributed by atoms with E-state index in [1.165, 1.54) is 0 Å². The molecule has 3 aromatic rings. The Morgan fingerprint density at radius 3 is 2.68 bits per heavy atom. The average Bonchev–Trinajstić information content (AvgIpc) is 3.10. The van der Waals surface area contributed by atoms with Crippen LogP contribution in [0.15, 0.2) is 66.0 Å². The molecule has 0 atom stereocenters. The lowest BCUT2D eigenvalue weighted by atomic mass is 10.2. The second-order valence-electron chi connectivity index (χ2n) is 5.51. The van der Waals surface area contributed by atoms with E-state index in [9.17, 15) is 4.79 Å². The van der Waals surface area contributed by atoms with Gasteiger partial charge in [0.15, 0.2) is 5.16 Å². The summed E-state index contributed by atoms with van der Waals surface area (Å²) in [6.45, 7) is 2.52. The number of rotatable bonds is 6. The van der Waals surface area contributed by atoms with Crippen molar-refractivity contribution in [2.24, 2.45) is 0 Å². The summed E-state index contributed by atoms with van der Waals surface area (Å²) in [5, 5.41) is 6.55. The number of nitrogens with zero attached hydrogens (tertiary/aromatic N) is 1. The molecule has 0 radical (unpaired) electrons. The highest BCUT2D eigenvalue weighted by molar-refractivity contribution is 7.99. The van der Waals surface area contributed by atoms with Crippen molar-refractivity contribution in [1.29, 1.82) is 0 Å². The van der Waals surface area contributed by atoms with Crippen LogP contribution in [0.25, 0.3) is 11.3 Å². The maximum atomic E-state index is 11.9. The lowest BCUT2D eigenvalue weighted by Gasteiger charge is -2.09. The van der Waals surface area contributed by atoms with E-state index in [-0.39, 0.29) is 6.03 Å². The van der Waals surface area contributed by atoms with Crippen molar-refractivity contribution in [1.82, 2.24) is 15.3 Å². The number of aromatic amines is 1. The Kier molecular flexibility index (Phi) is 5.74. The Bertz CT molecular complexity index is 832. The van der Waals surface area contributed by atoms with Crippen molar-refractivity contribution in [3.8, 4) is 11.3 Å². The highest BCUT2D eigenvalue weighted by Gasteiger charge is 2.05. The average molecular weight is 352 g/mol. The van der Waals surface area contributed by atoms with Crippen LogP contribution in [-0.2, 0) is 0 Å². The Hall–Kier alpha value is -2.73. The second kappa shape index (κ2) is 8.39. The number of carbonyl (C=O) groups is 1. The number of H-pyrrole nitrogens is 1. The summed E-state index contributed by atoms with van der Waals surface area (Å²) < 4.78 is 0. The minimum Gasteiger partial charge on any atom is -0.337 e. The van der Waals surface area contributed by atoms with Gasteiger partial charge in [0.05, 0.1) is 11.9 Å². The van der Waals surface area contributed by atoms with Crippen LogP contribution in [0.3, 0.4) is 0 Å². The number of hydrogen-bond donors (Lipinski definition) is 3. The molecule has 128 valence electrons. The van der Waals surface area contributed by atoms with Gasteiger partial charge in [-0.3, -0.25) is 0 Å². The SMILES string of the molecule is Cc1ccccc1NC(=O)NCCSc1ncc(-c2ccccc2)[nH]1. The molecule has 0 saturated carbocycles. The van der Waals surface area contributed by atoms with Gasteiger partial charge in [0, 0.05) is 18.0 Å². The molecular weight excluding hydrogens is 332 g/mol. The number of nitrogens with one attached hydrogen (secondary N) is 3. The van der Waals surface area contributed by atoms with Crippen molar-refractivity contribution in [2.75, 3.05) is 17.6 Å². The first-order valence-corrected chi connectivity index (χ1v) is 9.04. The fourth-order valence-corrected chi connectivity index (χ4v) is 3.04. The number of anilines is 1. The second-order valence-corrected chi connectivity index (χ2v) is 6.60. The summed E-state index contributed by atoms with van der Waals surface area (Å²) in [6.07, 6.45) is 1.83. The van der Waals surface area contributed by atoms with Crippen LogP contribution in [0.1, 0.15) is 5.56 Å². The molecule has 0 aliphatic rings. The summed E-state index contributed by atoms with van der Waals surface area (Å²) in [6, 6.07) is 17.6. The molecule has 0 aliphatic carbocycles. The number of aromatic nitrogens is 2. The Balaban J connectivity index is 1.42. The predicted octanol–water partition coefficient (Wildman–Crippen LogP) is 4.30. The topological polar surface area (TPSA) is 69.8 Å². The summed E-state index contributed by atoms with van der Waals surface area (Å²) in [7, 11) is 0. The van der Waals surface area contributed by atoms with Crippen molar-refractivity contribution < 1.29 is 4.79 Å². The molecule has 6 heteroatoms. The zero-order valence-electron chi connectivity index (χ0n) is 14.0. The third-order valence-corrected chi connectivity index (χ3v) is 4.55. The number of thioether (sulfide) groups is 1. The molecule has 0 aliphatic heterocycles. The van der Waals surface area contributed by atoms with Gasteiger partial charge in [0.25, 0.3) is 0 Å².